The average molecular weight is 345 g/mol. The van der Waals surface area contributed by atoms with E-state index in [4.69, 9.17) is 11.6 Å². The largest absolute Gasteiger partial charge is 0.120 e. The van der Waals surface area contributed by atoms with Crippen molar-refractivity contribution in [1.29, 1.82) is 0 Å². The van der Waals surface area contributed by atoms with Gasteiger partial charge in [-0.2, -0.15) is 0 Å². The Kier molecular flexibility index (Phi) is 16.0. The summed E-state index contributed by atoms with van der Waals surface area (Å²) in [4.78, 5) is -0.0223. The smallest absolute Gasteiger partial charge is 0.0418 e. The van der Waals surface area contributed by atoms with Crippen molar-refractivity contribution in [2.24, 2.45) is 5.92 Å². The lowest BCUT2D eigenvalue weighted by Crippen LogP contribution is -2.24. The molecule has 0 aliphatic rings. The molecule has 1 heteroatoms. The molecule has 0 heterocycles. The zero-order valence-electron chi connectivity index (χ0n) is 16.8. The molecule has 0 saturated heterocycles. The Labute approximate surface area is 153 Å². The summed E-state index contributed by atoms with van der Waals surface area (Å²) in [6.07, 6.45) is 22.4. The van der Waals surface area contributed by atoms with Crippen LogP contribution in [0.4, 0.5) is 0 Å². The minimum atomic E-state index is -0.0223. The third-order valence-electron chi connectivity index (χ3n) is 5.28. The second kappa shape index (κ2) is 15.8. The fourth-order valence-electron chi connectivity index (χ4n) is 3.53. The molecule has 140 valence electrons. The van der Waals surface area contributed by atoms with Gasteiger partial charge in [0.1, 0.15) is 0 Å². The maximum Gasteiger partial charge on any atom is 0.0418 e. The number of alkyl halides is 1. The Bertz CT molecular complexity index is 229. The van der Waals surface area contributed by atoms with Gasteiger partial charge in [0.2, 0.25) is 0 Å². The quantitative estimate of drug-likeness (QED) is 0.182. The molecule has 1 atom stereocenters. The zero-order valence-corrected chi connectivity index (χ0v) is 17.5. The summed E-state index contributed by atoms with van der Waals surface area (Å²) >= 11 is 6.63. The van der Waals surface area contributed by atoms with Crippen LogP contribution >= 0.6 is 11.6 Å². The molecule has 0 nitrogen and oxygen atoms in total. The Morgan fingerprint density at radius 3 is 1.22 bits per heavy atom. The number of unbranched alkanes of at least 4 members (excludes halogenated alkanes) is 12. The Hall–Kier alpha value is 0.290. The average Bonchev–Trinajstić information content (AvgIpc) is 2.50. The highest BCUT2D eigenvalue weighted by atomic mass is 35.5. The SMILES string of the molecule is CCCCCCCCCCCCC(CCCCCC)C(C)(C)Cl. The summed E-state index contributed by atoms with van der Waals surface area (Å²) in [5, 5.41) is 0. The second-order valence-corrected chi connectivity index (χ2v) is 9.06. The van der Waals surface area contributed by atoms with Gasteiger partial charge >= 0.3 is 0 Å². The summed E-state index contributed by atoms with van der Waals surface area (Å²) in [5.74, 6) is 0.704. The molecule has 0 amide bonds. The van der Waals surface area contributed by atoms with Gasteiger partial charge in [0.05, 0.1) is 0 Å². The molecule has 0 bridgehead atoms. The van der Waals surface area contributed by atoms with Crippen molar-refractivity contribution >= 4 is 11.6 Å². The molecule has 0 aromatic rings. The van der Waals surface area contributed by atoms with Crippen molar-refractivity contribution in [3.8, 4) is 0 Å². The van der Waals surface area contributed by atoms with Crippen molar-refractivity contribution in [1.82, 2.24) is 0 Å². The minimum absolute atomic E-state index is 0.0223. The maximum absolute atomic E-state index is 6.63. The van der Waals surface area contributed by atoms with Crippen LogP contribution < -0.4 is 0 Å². The summed E-state index contributed by atoms with van der Waals surface area (Å²) in [6.45, 7) is 9.01. The van der Waals surface area contributed by atoms with Crippen molar-refractivity contribution < 1.29 is 0 Å². The standard InChI is InChI=1S/C22H45Cl/c1-5-7-9-11-12-13-14-15-16-18-20-21(22(3,4)23)19-17-10-8-6-2/h21H,5-20H2,1-4H3. The van der Waals surface area contributed by atoms with E-state index in [1.807, 2.05) is 0 Å². The van der Waals surface area contributed by atoms with Crippen LogP contribution in [0.25, 0.3) is 0 Å². The molecule has 1 unspecified atom stereocenters. The molecular formula is C22H45Cl. The van der Waals surface area contributed by atoms with E-state index in [2.05, 4.69) is 27.7 Å². The fourth-order valence-corrected chi connectivity index (χ4v) is 3.74. The van der Waals surface area contributed by atoms with E-state index in [0.717, 1.165) is 0 Å². The molecule has 0 spiro atoms. The van der Waals surface area contributed by atoms with Crippen LogP contribution in [-0.2, 0) is 0 Å². The van der Waals surface area contributed by atoms with Gasteiger partial charge in [-0.1, -0.05) is 104 Å². The molecule has 0 aliphatic carbocycles. The summed E-state index contributed by atoms with van der Waals surface area (Å²) in [7, 11) is 0. The third-order valence-corrected chi connectivity index (χ3v) is 5.59. The number of rotatable bonds is 17. The van der Waals surface area contributed by atoms with Gasteiger partial charge < -0.3 is 0 Å². The normalized spacial score (nSPS) is 13.4. The number of halogens is 1. The van der Waals surface area contributed by atoms with Crippen LogP contribution in [0.15, 0.2) is 0 Å². The summed E-state index contributed by atoms with van der Waals surface area (Å²) in [6, 6.07) is 0. The van der Waals surface area contributed by atoms with Crippen LogP contribution in [0.1, 0.15) is 130 Å². The van der Waals surface area contributed by atoms with Gasteiger partial charge in [0.25, 0.3) is 0 Å². The van der Waals surface area contributed by atoms with E-state index >= 15 is 0 Å². The van der Waals surface area contributed by atoms with Crippen molar-refractivity contribution in [2.45, 2.75) is 135 Å². The van der Waals surface area contributed by atoms with Crippen molar-refractivity contribution in [2.75, 3.05) is 0 Å². The fraction of sp³-hybridized carbons (Fsp3) is 1.00. The molecular weight excluding hydrogens is 300 g/mol. The van der Waals surface area contributed by atoms with E-state index < -0.39 is 0 Å². The van der Waals surface area contributed by atoms with Gasteiger partial charge in [-0.05, 0) is 32.6 Å². The summed E-state index contributed by atoms with van der Waals surface area (Å²) < 4.78 is 0. The Balaban J connectivity index is 3.59. The van der Waals surface area contributed by atoms with Crippen LogP contribution in [0.5, 0.6) is 0 Å². The molecule has 0 aromatic heterocycles. The van der Waals surface area contributed by atoms with Crippen LogP contribution in [0.3, 0.4) is 0 Å². The monoisotopic (exact) mass is 344 g/mol. The molecule has 0 aromatic carbocycles. The molecule has 0 N–H and O–H groups in total. The zero-order chi connectivity index (χ0) is 17.4. The van der Waals surface area contributed by atoms with Gasteiger partial charge in [0, 0.05) is 4.87 Å². The van der Waals surface area contributed by atoms with E-state index in [1.165, 1.54) is 103 Å². The lowest BCUT2D eigenvalue weighted by molar-refractivity contribution is 0.335. The molecule has 0 aliphatic heterocycles. The second-order valence-electron chi connectivity index (χ2n) is 8.08. The van der Waals surface area contributed by atoms with E-state index in [0.29, 0.717) is 5.92 Å². The van der Waals surface area contributed by atoms with E-state index in [9.17, 15) is 0 Å². The van der Waals surface area contributed by atoms with Crippen molar-refractivity contribution in [3.63, 3.8) is 0 Å². The highest BCUT2D eigenvalue weighted by Crippen LogP contribution is 2.33. The first-order chi connectivity index (χ1) is 11.0. The highest BCUT2D eigenvalue weighted by Gasteiger charge is 2.25. The molecule has 0 fully saturated rings. The van der Waals surface area contributed by atoms with E-state index in [1.54, 1.807) is 0 Å². The van der Waals surface area contributed by atoms with Crippen molar-refractivity contribution in [3.05, 3.63) is 0 Å². The van der Waals surface area contributed by atoms with Crippen LogP contribution in [-0.4, -0.2) is 4.87 Å². The highest BCUT2D eigenvalue weighted by molar-refractivity contribution is 6.23. The van der Waals surface area contributed by atoms with Gasteiger partial charge in [0.15, 0.2) is 0 Å². The van der Waals surface area contributed by atoms with Crippen LogP contribution in [0.2, 0.25) is 0 Å². The maximum atomic E-state index is 6.63. The van der Waals surface area contributed by atoms with Gasteiger partial charge in [-0.25, -0.2) is 0 Å². The predicted octanol–water partition coefficient (Wildman–Crippen LogP) is 8.90. The number of hydrogen-bond donors (Lipinski definition) is 0. The number of hydrogen-bond acceptors (Lipinski definition) is 0. The lowest BCUT2D eigenvalue weighted by Gasteiger charge is -2.28. The van der Waals surface area contributed by atoms with Gasteiger partial charge in [-0.3, -0.25) is 0 Å². The van der Waals surface area contributed by atoms with Crippen LogP contribution in [0, 0.1) is 5.92 Å². The first kappa shape index (κ1) is 23.3. The molecule has 0 rings (SSSR count). The topological polar surface area (TPSA) is 0 Å². The Morgan fingerprint density at radius 1 is 0.565 bits per heavy atom. The molecule has 0 radical (unpaired) electrons. The minimum Gasteiger partial charge on any atom is -0.120 e. The van der Waals surface area contributed by atoms with E-state index in [-0.39, 0.29) is 4.87 Å². The molecule has 0 saturated carbocycles. The Morgan fingerprint density at radius 2 is 0.870 bits per heavy atom. The summed E-state index contributed by atoms with van der Waals surface area (Å²) in [5.41, 5.74) is 0. The lowest BCUT2D eigenvalue weighted by atomic mass is 9.85. The predicted molar refractivity (Wildman–Crippen MR) is 109 cm³/mol. The third kappa shape index (κ3) is 15.6. The van der Waals surface area contributed by atoms with Gasteiger partial charge in [-0.15, -0.1) is 11.6 Å². The first-order valence-electron chi connectivity index (χ1n) is 10.7. The first-order valence-corrected chi connectivity index (χ1v) is 11.1. The molecule has 23 heavy (non-hydrogen) atoms.